The Morgan fingerprint density at radius 3 is 2.44 bits per heavy atom. The van der Waals surface area contributed by atoms with Crippen LogP contribution in [0.3, 0.4) is 0 Å². The first-order chi connectivity index (χ1) is 17.0. The van der Waals surface area contributed by atoms with E-state index in [1.54, 1.807) is 32.9 Å². The van der Waals surface area contributed by atoms with Gasteiger partial charge in [0.15, 0.2) is 17.2 Å². The van der Waals surface area contributed by atoms with Gasteiger partial charge in [-0.15, -0.1) is 11.8 Å². The van der Waals surface area contributed by atoms with E-state index in [4.69, 9.17) is 9.47 Å². The Morgan fingerprint density at radius 2 is 1.81 bits per heavy atom. The van der Waals surface area contributed by atoms with Crippen LogP contribution in [0.1, 0.15) is 35.5 Å². The number of hydrogen-bond donors (Lipinski definition) is 2. The molecule has 0 saturated carbocycles. The van der Waals surface area contributed by atoms with Crippen LogP contribution in [0.2, 0.25) is 0 Å². The van der Waals surface area contributed by atoms with Gasteiger partial charge in [0.25, 0.3) is 0 Å². The van der Waals surface area contributed by atoms with Gasteiger partial charge in [0.05, 0.1) is 30.3 Å². The van der Waals surface area contributed by atoms with E-state index < -0.39 is 28.0 Å². The molecule has 188 valence electrons. The molecule has 0 amide bonds. The third-order valence-corrected chi connectivity index (χ3v) is 6.95. The van der Waals surface area contributed by atoms with Crippen molar-refractivity contribution in [2.75, 3.05) is 14.2 Å². The number of aromatic amines is 1. The molecule has 0 fully saturated rings. The number of aromatic nitrogens is 3. The van der Waals surface area contributed by atoms with Crippen molar-refractivity contribution in [2.24, 2.45) is 0 Å². The summed E-state index contributed by atoms with van der Waals surface area (Å²) in [6.45, 7) is 5.18. The van der Waals surface area contributed by atoms with E-state index in [1.165, 1.54) is 44.2 Å². The number of carboxylic acid groups (broad SMARTS) is 1. The van der Waals surface area contributed by atoms with Gasteiger partial charge in [-0.3, -0.25) is 0 Å². The lowest BCUT2D eigenvalue weighted by atomic mass is 10.0. The number of halogens is 2. The van der Waals surface area contributed by atoms with Crippen molar-refractivity contribution in [3.63, 3.8) is 0 Å². The molecule has 36 heavy (non-hydrogen) atoms. The molecule has 0 unspecified atom stereocenters. The molecule has 4 aromatic rings. The number of nitrogens with zero attached hydrogens (tertiary/aromatic N) is 2. The normalized spacial score (nSPS) is 11.6. The number of H-pyrrole nitrogens is 1. The second-order valence-electron chi connectivity index (χ2n) is 8.48. The van der Waals surface area contributed by atoms with E-state index in [-0.39, 0.29) is 28.3 Å². The van der Waals surface area contributed by atoms with Crippen molar-refractivity contribution in [2.45, 2.75) is 30.4 Å². The lowest BCUT2D eigenvalue weighted by Gasteiger charge is -2.28. The van der Waals surface area contributed by atoms with Crippen LogP contribution in [0.25, 0.3) is 16.9 Å². The number of thioether (sulfide) groups is 1. The number of hydrogen-bond acceptors (Lipinski definition) is 6. The van der Waals surface area contributed by atoms with E-state index in [1.807, 2.05) is 0 Å². The van der Waals surface area contributed by atoms with Crippen LogP contribution in [0.5, 0.6) is 11.5 Å². The summed E-state index contributed by atoms with van der Waals surface area (Å²) in [5.74, 6) is -2.02. The van der Waals surface area contributed by atoms with Gasteiger partial charge in [-0.25, -0.2) is 27.9 Å². The Labute approximate surface area is 208 Å². The summed E-state index contributed by atoms with van der Waals surface area (Å²) < 4.78 is 41.0. The number of carbonyl (C=O) groups is 1. The molecule has 0 bridgehead atoms. The van der Waals surface area contributed by atoms with Gasteiger partial charge < -0.3 is 19.6 Å². The van der Waals surface area contributed by atoms with Gasteiger partial charge in [-0.2, -0.15) is 0 Å². The highest BCUT2D eigenvalue weighted by molar-refractivity contribution is 8.00. The fraction of sp³-hybridized carbons (Fsp3) is 0.240. The average Bonchev–Trinajstić information content (AvgIpc) is 3.15. The van der Waals surface area contributed by atoms with E-state index in [0.29, 0.717) is 21.8 Å². The fourth-order valence-electron chi connectivity index (χ4n) is 4.08. The van der Waals surface area contributed by atoms with Gasteiger partial charge in [0, 0.05) is 16.4 Å². The third-order valence-electron chi connectivity index (χ3n) is 5.70. The molecule has 0 radical (unpaired) electrons. The molecule has 0 saturated heterocycles. The van der Waals surface area contributed by atoms with Crippen LogP contribution in [-0.4, -0.2) is 39.8 Å². The number of aromatic carboxylic acids is 1. The summed E-state index contributed by atoms with van der Waals surface area (Å²) in [4.78, 5) is 31.5. The Morgan fingerprint density at radius 1 is 1.11 bits per heavy atom. The first kappa shape index (κ1) is 25.2. The number of carboxylic acids is 1. The molecular formula is C25H23F2N3O5S. The highest BCUT2D eigenvalue weighted by Gasteiger charge is 2.31. The topological polar surface area (TPSA) is 106 Å². The van der Waals surface area contributed by atoms with Gasteiger partial charge in [0.1, 0.15) is 17.3 Å². The van der Waals surface area contributed by atoms with Crippen molar-refractivity contribution in [1.82, 2.24) is 14.5 Å². The summed E-state index contributed by atoms with van der Waals surface area (Å²) in [6.07, 6.45) is 0. The van der Waals surface area contributed by atoms with Crippen LogP contribution in [0.15, 0.2) is 46.1 Å². The zero-order valence-corrected chi connectivity index (χ0v) is 20.9. The van der Waals surface area contributed by atoms with Gasteiger partial charge >= 0.3 is 11.7 Å². The Kier molecular flexibility index (Phi) is 6.52. The molecule has 0 aliphatic rings. The van der Waals surface area contributed by atoms with Crippen molar-refractivity contribution in [3.8, 4) is 17.2 Å². The average molecular weight is 516 g/mol. The monoisotopic (exact) mass is 515 g/mol. The van der Waals surface area contributed by atoms with Crippen molar-refractivity contribution in [3.05, 3.63) is 75.3 Å². The first-order valence-corrected chi connectivity index (χ1v) is 11.6. The molecule has 2 aromatic carbocycles. The maximum absolute atomic E-state index is 15.3. The molecular weight excluding hydrogens is 492 g/mol. The predicted octanol–water partition coefficient (Wildman–Crippen LogP) is 5.04. The van der Waals surface area contributed by atoms with Crippen molar-refractivity contribution >= 4 is 28.9 Å². The second-order valence-corrected chi connectivity index (χ2v) is 10.1. The Hall–Kier alpha value is -3.86. The summed E-state index contributed by atoms with van der Waals surface area (Å²) in [5, 5.41) is 9.41. The van der Waals surface area contributed by atoms with Crippen LogP contribution in [-0.2, 0) is 4.75 Å². The van der Waals surface area contributed by atoms with E-state index >= 15 is 4.39 Å². The zero-order valence-electron chi connectivity index (χ0n) is 20.1. The zero-order chi connectivity index (χ0) is 26.4. The second kappa shape index (κ2) is 9.30. The minimum Gasteiger partial charge on any atom is -0.496 e. The number of nitrogens with one attached hydrogen (secondary N) is 1. The van der Waals surface area contributed by atoms with Gasteiger partial charge in [0.2, 0.25) is 0 Å². The van der Waals surface area contributed by atoms with Crippen molar-refractivity contribution < 1.29 is 28.2 Å². The number of fused-ring (bicyclic) bond motifs is 1. The molecule has 2 aromatic heterocycles. The highest BCUT2D eigenvalue weighted by Crippen LogP contribution is 2.48. The number of benzene rings is 2. The number of rotatable bonds is 7. The predicted molar refractivity (Wildman–Crippen MR) is 132 cm³/mol. The minimum atomic E-state index is -1.28. The fourth-order valence-corrected chi connectivity index (χ4v) is 5.35. The molecule has 4 rings (SSSR count). The Balaban J connectivity index is 1.92. The van der Waals surface area contributed by atoms with Gasteiger partial charge in [-0.05, 0) is 50.6 Å². The molecule has 11 heteroatoms. The highest BCUT2D eigenvalue weighted by atomic mass is 32.2. The number of pyridine rings is 1. The number of methoxy groups -OCH3 is 2. The lowest BCUT2D eigenvalue weighted by molar-refractivity contribution is 0.0690. The molecule has 2 N–H and O–H groups in total. The lowest BCUT2D eigenvalue weighted by Crippen LogP contribution is -2.18. The maximum atomic E-state index is 15.3. The maximum Gasteiger partial charge on any atom is 0.354 e. The minimum absolute atomic E-state index is 0.0348. The van der Waals surface area contributed by atoms with Crippen LogP contribution >= 0.6 is 11.8 Å². The quantitative estimate of drug-likeness (QED) is 0.332. The summed E-state index contributed by atoms with van der Waals surface area (Å²) in [7, 11) is 2.82. The number of ether oxygens (including phenoxy) is 2. The summed E-state index contributed by atoms with van der Waals surface area (Å²) in [6, 6.07) is 8.35. The summed E-state index contributed by atoms with van der Waals surface area (Å²) >= 11 is 1.18. The molecule has 2 heterocycles. The first-order valence-electron chi connectivity index (χ1n) is 10.7. The number of imidazole rings is 1. The third kappa shape index (κ3) is 4.30. The van der Waals surface area contributed by atoms with Crippen molar-refractivity contribution in [1.29, 1.82) is 0 Å². The van der Waals surface area contributed by atoms with E-state index in [2.05, 4.69) is 9.97 Å². The standard InChI is InChI=1S/C25H23F2N3O5S/c1-12-9-15(23(31)32)28-22-21(12)29-24(33)30(22)16-11-19(18(35-5)10-14(16)27)36-25(2,3)20-13(26)7-6-8-17(20)34-4/h6-11H,1-5H3,(H,29,33)(H,31,32). The smallest absolute Gasteiger partial charge is 0.354 e. The van der Waals surface area contributed by atoms with E-state index in [0.717, 1.165) is 10.6 Å². The van der Waals surface area contributed by atoms with Crippen LogP contribution < -0.4 is 15.2 Å². The molecule has 0 atom stereocenters. The molecule has 0 spiro atoms. The number of aryl methyl sites for hydroxylation is 1. The largest absolute Gasteiger partial charge is 0.496 e. The SMILES string of the molecule is COc1cc(F)c(-n2c(=O)[nH]c3c(C)cc(C(=O)O)nc32)cc1SC(C)(C)c1c(F)cccc1OC. The van der Waals surface area contributed by atoms with Crippen LogP contribution in [0.4, 0.5) is 8.78 Å². The molecule has 0 aliphatic heterocycles. The summed E-state index contributed by atoms with van der Waals surface area (Å²) in [5.41, 5.74) is -0.136. The Bertz CT molecular complexity index is 1560. The molecule has 0 aliphatic carbocycles. The van der Waals surface area contributed by atoms with Crippen LogP contribution in [0, 0.1) is 18.6 Å². The van der Waals surface area contributed by atoms with Gasteiger partial charge in [-0.1, -0.05) is 6.07 Å². The van der Waals surface area contributed by atoms with E-state index in [9.17, 15) is 19.1 Å². The molecule has 8 nitrogen and oxygen atoms in total.